The van der Waals surface area contributed by atoms with E-state index in [1.807, 2.05) is 6.92 Å². The molecule has 0 fully saturated rings. The summed E-state index contributed by atoms with van der Waals surface area (Å²) in [4.78, 5) is 0. The van der Waals surface area contributed by atoms with E-state index in [4.69, 9.17) is 28.6 Å². The summed E-state index contributed by atoms with van der Waals surface area (Å²) in [6, 6.07) is 2.83. The van der Waals surface area contributed by atoms with Gasteiger partial charge in [0.05, 0.1) is 5.03 Å². The summed E-state index contributed by atoms with van der Waals surface area (Å²) < 4.78 is 31.5. The summed E-state index contributed by atoms with van der Waals surface area (Å²) in [6.07, 6.45) is 2.10. The maximum Gasteiger partial charge on any atom is 0.489 e. The highest BCUT2D eigenvalue weighted by Gasteiger charge is 2.27. The van der Waals surface area contributed by atoms with Crippen LogP contribution in [0, 0.1) is 17.6 Å². The van der Waals surface area contributed by atoms with Crippen molar-refractivity contribution in [3.05, 3.63) is 52.1 Å². The Morgan fingerprint density at radius 1 is 1.43 bits per heavy atom. The standard InChI is InChI=1S/C14H13BClF2NO3S/c1-7-4-9(15(20)21)13(16)11(5-7)19-14(23)22-12-3-2-8(17)6-10(12)18/h2-4,6-7,20-21H,5H2,1H3,(H,19,23). The first-order valence-corrected chi connectivity index (χ1v) is 7.47. The highest BCUT2D eigenvalue weighted by Crippen LogP contribution is 2.30. The van der Waals surface area contributed by atoms with E-state index >= 15 is 0 Å². The molecule has 0 amide bonds. The third-order valence-electron chi connectivity index (χ3n) is 3.14. The Labute approximate surface area is 142 Å². The van der Waals surface area contributed by atoms with E-state index in [0.717, 1.165) is 12.1 Å². The first-order chi connectivity index (χ1) is 10.8. The number of allylic oxidation sites excluding steroid dienone is 4. The lowest BCUT2D eigenvalue weighted by Crippen LogP contribution is -2.31. The monoisotopic (exact) mass is 359 g/mol. The molecule has 3 N–H and O–H groups in total. The molecule has 0 aliphatic heterocycles. The number of benzene rings is 1. The molecule has 0 aromatic heterocycles. The van der Waals surface area contributed by atoms with Crippen molar-refractivity contribution in [2.75, 3.05) is 0 Å². The van der Waals surface area contributed by atoms with E-state index < -0.39 is 18.8 Å². The molecule has 122 valence electrons. The minimum atomic E-state index is -1.72. The Balaban J connectivity index is 2.13. The van der Waals surface area contributed by atoms with Gasteiger partial charge < -0.3 is 20.1 Å². The quantitative estimate of drug-likeness (QED) is 0.572. The molecule has 1 atom stereocenters. The van der Waals surface area contributed by atoms with Gasteiger partial charge in [0, 0.05) is 11.8 Å². The van der Waals surface area contributed by atoms with Gasteiger partial charge in [-0.2, -0.15) is 0 Å². The minimum absolute atomic E-state index is 0.0119. The first kappa shape index (κ1) is 17.9. The Morgan fingerprint density at radius 2 is 2.13 bits per heavy atom. The molecule has 1 unspecified atom stereocenters. The normalized spacial score (nSPS) is 17.7. The lowest BCUT2D eigenvalue weighted by atomic mass is 9.74. The first-order valence-electron chi connectivity index (χ1n) is 6.68. The fourth-order valence-corrected chi connectivity index (χ4v) is 2.63. The Kier molecular flexibility index (Phi) is 5.75. The summed E-state index contributed by atoms with van der Waals surface area (Å²) >= 11 is 11.1. The third kappa shape index (κ3) is 4.51. The van der Waals surface area contributed by atoms with Gasteiger partial charge in [-0.1, -0.05) is 24.6 Å². The molecule has 0 radical (unpaired) electrons. The molecule has 23 heavy (non-hydrogen) atoms. The second-order valence-corrected chi connectivity index (χ2v) is 5.81. The predicted molar refractivity (Wildman–Crippen MR) is 87.7 cm³/mol. The van der Waals surface area contributed by atoms with Crippen molar-refractivity contribution in [3.8, 4) is 5.75 Å². The van der Waals surface area contributed by atoms with Crippen LogP contribution in [0.4, 0.5) is 8.78 Å². The van der Waals surface area contributed by atoms with Gasteiger partial charge in [-0.3, -0.25) is 0 Å². The highest BCUT2D eigenvalue weighted by molar-refractivity contribution is 7.80. The summed E-state index contributed by atoms with van der Waals surface area (Å²) in [5.74, 6) is -1.87. The highest BCUT2D eigenvalue weighted by atomic mass is 35.5. The molecular formula is C14H13BClF2NO3S. The van der Waals surface area contributed by atoms with Gasteiger partial charge >= 0.3 is 7.12 Å². The van der Waals surface area contributed by atoms with Gasteiger partial charge in [0.15, 0.2) is 11.6 Å². The van der Waals surface area contributed by atoms with Gasteiger partial charge in [0.2, 0.25) is 0 Å². The second-order valence-electron chi connectivity index (χ2n) is 5.06. The summed E-state index contributed by atoms with van der Waals surface area (Å²) in [5.41, 5.74) is 0.584. The smallest absolute Gasteiger partial charge is 0.429 e. The van der Waals surface area contributed by atoms with Crippen molar-refractivity contribution >= 4 is 36.1 Å². The van der Waals surface area contributed by atoms with Gasteiger partial charge in [-0.25, -0.2) is 8.78 Å². The maximum atomic E-state index is 13.5. The molecule has 1 aromatic rings. The van der Waals surface area contributed by atoms with Crippen molar-refractivity contribution in [3.63, 3.8) is 0 Å². The molecule has 1 aliphatic rings. The fourth-order valence-electron chi connectivity index (χ4n) is 2.14. The topological polar surface area (TPSA) is 61.7 Å². The molecule has 0 heterocycles. The van der Waals surface area contributed by atoms with Crippen molar-refractivity contribution < 1.29 is 23.6 Å². The molecule has 0 saturated carbocycles. The molecule has 0 spiro atoms. The molecular weight excluding hydrogens is 346 g/mol. The number of thiocarbonyl (C=S) groups is 1. The van der Waals surface area contributed by atoms with Crippen LogP contribution in [0.15, 0.2) is 40.5 Å². The van der Waals surface area contributed by atoms with Gasteiger partial charge in [0.25, 0.3) is 5.17 Å². The van der Waals surface area contributed by atoms with Gasteiger partial charge in [-0.05, 0) is 42.2 Å². The van der Waals surface area contributed by atoms with Crippen molar-refractivity contribution in [1.82, 2.24) is 5.32 Å². The number of hydrogen-bond donors (Lipinski definition) is 3. The number of ether oxygens (including phenoxy) is 1. The SMILES string of the molecule is CC1C=C(B(O)O)C(Cl)=C(NC(=S)Oc2ccc(F)cc2F)C1. The minimum Gasteiger partial charge on any atom is -0.429 e. The van der Waals surface area contributed by atoms with Crippen LogP contribution in [0.5, 0.6) is 5.75 Å². The van der Waals surface area contributed by atoms with Gasteiger partial charge in [-0.15, -0.1) is 0 Å². The molecule has 4 nitrogen and oxygen atoms in total. The van der Waals surface area contributed by atoms with Crippen LogP contribution in [0.3, 0.4) is 0 Å². The predicted octanol–water partition coefficient (Wildman–Crippen LogP) is 2.65. The number of halogens is 3. The molecule has 0 bridgehead atoms. The van der Waals surface area contributed by atoms with Crippen LogP contribution in [0.2, 0.25) is 0 Å². The lowest BCUT2D eigenvalue weighted by molar-refractivity contribution is 0.418. The van der Waals surface area contributed by atoms with Crippen LogP contribution in [0.1, 0.15) is 13.3 Å². The second kappa shape index (κ2) is 7.40. The largest absolute Gasteiger partial charge is 0.489 e. The van der Waals surface area contributed by atoms with E-state index in [9.17, 15) is 18.8 Å². The molecule has 0 saturated heterocycles. The van der Waals surface area contributed by atoms with Gasteiger partial charge in [0.1, 0.15) is 5.82 Å². The average Bonchev–Trinajstić information content (AvgIpc) is 2.45. The Bertz CT molecular complexity index is 697. The number of hydrogen-bond acceptors (Lipinski definition) is 4. The van der Waals surface area contributed by atoms with Crippen molar-refractivity contribution in [2.45, 2.75) is 13.3 Å². The molecule has 1 aromatic carbocycles. The maximum absolute atomic E-state index is 13.5. The summed E-state index contributed by atoms with van der Waals surface area (Å²) in [5, 5.41) is 21.2. The average molecular weight is 360 g/mol. The van der Waals surface area contributed by atoms with E-state index in [-0.39, 0.29) is 27.3 Å². The van der Waals surface area contributed by atoms with Crippen LogP contribution in [-0.4, -0.2) is 22.3 Å². The van der Waals surface area contributed by atoms with Crippen molar-refractivity contribution in [1.29, 1.82) is 0 Å². The van der Waals surface area contributed by atoms with Crippen LogP contribution < -0.4 is 10.1 Å². The zero-order chi connectivity index (χ0) is 17.1. The summed E-state index contributed by atoms with van der Waals surface area (Å²) in [7, 11) is -1.72. The molecule has 9 heteroatoms. The van der Waals surface area contributed by atoms with Crippen LogP contribution >= 0.6 is 23.8 Å². The molecule has 2 rings (SSSR count). The van der Waals surface area contributed by atoms with E-state index in [0.29, 0.717) is 18.2 Å². The third-order valence-corrected chi connectivity index (χ3v) is 3.77. The summed E-state index contributed by atoms with van der Waals surface area (Å²) in [6.45, 7) is 1.86. The molecule has 1 aliphatic carbocycles. The van der Waals surface area contributed by atoms with E-state index in [2.05, 4.69) is 5.32 Å². The Hall–Kier alpha value is -1.48. The lowest BCUT2D eigenvalue weighted by Gasteiger charge is -2.23. The van der Waals surface area contributed by atoms with Crippen LogP contribution in [0.25, 0.3) is 0 Å². The van der Waals surface area contributed by atoms with E-state index in [1.54, 1.807) is 6.08 Å². The zero-order valence-corrected chi connectivity index (χ0v) is 13.6. The van der Waals surface area contributed by atoms with E-state index in [1.165, 1.54) is 0 Å². The fraction of sp³-hybridized carbons (Fsp3) is 0.214. The number of rotatable bonds is 3. The number of nitrogens with one attached hydrogen (secondary N) is 1. The Morgan fingerprint density at radius 3 is 2.74 bits per heavy atom. The zero-order valence-electron chi connectivity index (χ0n) is 12.0. The van der Waals surface area contributed by atoms with Crippen molar-refractivity contribution in [2.24, 2.45) is 5.92 Å². The van der Waals surface area contributed by atoms with Crippen LogP contribution in [-0.2, 0) is 0 Å².